The molecule has 2 aromatic carbocycles. The zero-order valence-corrected chi connectivity index (χ0v) is 14.5. The molecule has 5 nitrogen and oxygen atoms in total. The van der Waals surface area contributed by atoms with Gasteiger partial charge in [-0.3, -0.25) is 9.59 Å². The molecule has 1 heterocycles. The van der Waals surface area contributed by atoms with Gasteiger partial charge in [-0.1, -0.05) is 29.3 Å². The van der Waals surface area contributed by atoms with E-state index in [4.69, 9.17) is 23.2 Å². The Kier molecular flexibility index (Phi) is 4.49. The van der Waals surface area contributed by atoms with Crippen molar-refractivity contribution in [3.05, 3.63) is 74.5 Å². The van der Waals surface area contributed by atoms with Crippen LogP contribution in [-0.2, 0) is 0 Å². The number of hydrogen-bond acceptors (Lipinski definition) is 4. The van der Waals surface area contributed by atoms with E-state index in [9.17, 15) is 14.9 Å². The van der Waals surface area contributed by atoms with E-state index in [-0.39, 0.29) is 22.0 Å². The second-order valence-corrected chi connectivity index (χ2v) is 6.29. The Hall–Kier alpha value is -2.81. The first-order valence-electron chi connectivity index (χ1n) is 7.24. The van der Waals surface area contributed by atoms with Crippen LogP contribution in [0.2, 0.25) is 10.0 Å². The maximum atomic E-state index is 12.7. The highest BCUT2D eigenvalue weighted by atomic mass is 35.5. The van der Waals surface area contributed by atoms with Crippen molar-refractivity contribution in [2.45, 2.75) is 6.92 Å². The molecule has 1 aliphatic heterocycles. The van der Waals surface area contributed by atoms with Crippen molar-refractivity contribution in [1.82, 2.24) is 5.32 Å². The Morgan fingerprint density at radius 3 is 2.56 bits per heavy atom. The van der Waals surface area contributed by atoms with Crippen LogP contribution >= 0.6 is 23.2 Å². The Morgan fingerprint density at radius 2 is 1.88 bits per heavy atom. The van der Waals surface area contributed by atoms with E-state index in [0.717, 1.165) is 5.56 Å². The van der Waals surface area contributed by atoms with E-state index >= 15 is 0 Å². The highest BCUT2D eigenvalue weighted by Gasteiger charge is 2.26. The number of fused-ring (bicyclic) bond motifs is 1. The van der Waals surface area contributed by atoms with Crippen LogP contribution in [0, 0.1) is 18.3 Å². The molecule has 1 amide bonds. The number of amides is 1. The standard InChI is InChI=1S/C18H11Cl2N3O2/c1-9-2-4-12-15(6-9)22-17(23-18(12)25)13(8-21)16(24)11-5-3-10(19)7-14(11)20/h2-7,22H,1H3,(H,23,25)/b17-13+. The van der Waals surface area contributed by atoms with Crippen molar-refractivity contribution in [1.29, 1.82) is 5.26 Å². The van der Waals surface area contributed by atoms with Crippen LogP contribution in [0.25, 0.3) is 0 Å². The lowest BCUT2D eigenvalue weighted by molar-refractivity contribution is 0.0963. The molecule has 2 aromatic rings. The van der Waals surface area contributed by atoms with Crippen LogP contribution in [0.15, 0.2) is 47.8 Å². The summed E-state index contributed by atoms with van der Waals surface area (Å²) in [5, 5.41) is 15.4. The number of rotatable bonds is 2. The molecule has 1 aliphatic rings. The molecule has 0 spiro atoms. The van der Waals surface area contributed by atoms with Crippen molar-refractivity contribution in [3.63, 3.8) is 0 Å². The van der Waals surface area contributed by atoms with E-state index in [0.29, 0.717) is 16.3 Å². The second kappa shape index (κ2) is 6.60. The summed E-state index contributed by atoms with van der Waals surface area (Å²) >= 11 is 11.9. The minimum absolute atomic E-state index is 0.0293. The number of ketones is 1. The third-order valence-corrected chi connectivity index (χ3v) is 4.23. The summed E-state index contributed by atoms with van der Waals surface area (Å²) in [5.74, 6) is -0.976. The molecular weight excluding hydrogens is 361 g/mol. The molecule has 0 fully saturated rings. The number of anilines is 1. The van der Waals surface area contributed by atoms with Gasteiger partial charge in [0.2, 0.25) is 5.78 Å². The molecular formula is C18H11Cl2N3O2. The molecule has 7 heteroatoms. The van der Waals surface area contributed by atoms with E-state index in [1.54, 1.807) is 18.2 Å². The second-order valence-electron chi connectivity index (χ2n) is 5.44. The van der Waals surface area contributed by atoms with Crippen molar-refractivity contribution < 1.29 is 9.59 Å². The van der Waals surface area contributed by atoms with Gasteiger partial charge >= 0.3 is 0 Å². The molecule has 0 radical (unpaired) electrons. The SMILES string of the molecule is Cc1ccc2c(c1)N/C(=C(/C#N)C(=O)c1ccc(Cl)cc1Cl)NC2=O. The Balaban J connectivity index is 2.07. The van der Waals surface area contributed by atoms with Gasteiger partial charge in [0, 0.05) is 10.6 Å². The molecule has 0 aromatic heterocycles. The molecule has 25 heavy (non-hydrogen) atoms. The first-order valence-corrected chi connectivity index (χ1v) is 7.99. The number of Topliss-reactive ketones (excluding diaryl/α,β-unsaturated/α-hetero) is 1. The van der Waals surface area contributed by atoms with Crippen LogP contribution < -0.4 is 10.6 Å². The first-order chi connectivity index (χ1) is 11.9. The van der Waals surface area contributed by atoms with Gasteiger partial charge in [0.25, 0.3) is 5.91 Å². The van der Waals surface area contributed by atoms with E-state index in [1.165, 1.54) is 18.2 Å². The summed E-state index contributed by atoms with van der Waals surface area (Å²) in [4.78, 5) is 24.9. The van der Waals surface area contributed by atoms with Gasteiger partial charge in [0.05, 0.1) is 16.3 Å². The third-order valence-electron chi connectivity index (χ3n) is 3.68. The molecule has 0 unspecified atom stereocenters. The summed E-state index contributed by atoms with van der Waals surface area (Å²) in [5.41, 5.74) is 1.78. The minimum Gasteiger partial charge on any atom is -0.340 e. The Labute approximate surface area is 153 Å². The van der Waals surface area contributed by atoms with Crippen LogP contribution in [0.3, 0.4) is 0 Å². The third kappa shape index (κ3) is 3.22. The molecule has 0 atom stereocenters. The maximum Gasteiger partial charge on any atom is 0.258 e. The number of halogens is 2. The normalized spacial score (nSPS) is 14.7. The zero-order chi connectivity index (χ0) is 18.1. The number of carbonyl (C=O) groups excluding carboxylic acids is 2. The summed E-state index contributed by atoms with van der Waals surface area (Å²) in [6, 6.07) is 11.4. The number of aryl methyl sites for hydroxylation is 1. The monoisotopic (exact) mass is 371 g/mol. The van der Waals surface area contributed by atoms with Gasteiger partial charge in [-0.05, 0) is 42.8 Å². The van der Waals surface area contributed by atoms with Gasteiger partial charge in [-0.25, -0.2) is 0 Å². The number of carbonyl (C=O) groups is 2. The number of hydrogen-bond donors (Lipinski definition) is 2. The van der Waals surface area contributed by atoms with Crippen molar-refractivity contribution >= 4 is 40.6 Å². The molecule has 0 saturated heterocycles. The van der Waals surface area contributed by atoms with E-state index < -0.39 is 11.7 Å². The highest BCUT2D eigenvalue weighted by Crippen LogP contribution is 2.27. The van der Waals surface area contributed by atoms with E-state index in [2.05, 4.69) is 10.6 Å². The summed E-state index contributed by atoms with van der Waals surface area (Å²) in [7, 11) is 0. The molecule has 3 rings (SSSR count). The fraction of sp³-hybridized carbons (Fsp3) is 0.0556. The van der Waals surface area contributed by atoms with Gasteiger partial charge < -0.3 is 10.6 Å². The topological polar surface area (TPSA) is 82.0 Å². The molecule has 0 saturated carbocycles. The fourth-order valence-corrected chi connectivity index (χ4v) is 2.95. The van der Waals surface area contributed by atoms with Crippen LogP contribution in [-0.4, -0.2) is 11.7 Å². The van der Waals surface area contributed by atoms with Crippen molar-refractivity contribution in [2.24, 2.45) is 0 Å². The Morgan fingerprint density at radius 1 is 1.12 bits per heavy atom. The molecule has 124 valence electrons. The maximum absolute atomic E-state index is 12.7. The lowest BCUT2D eigenvalue weighted by Crippen LogP contribution is -2.35. The highest BCUT2D eigenvalue weighted by molar-refractivity contribution is 6.37. The molecule has 2 N–H and O–H groups in total. The largest absolute Gasteiger partial charge is 0.340 e. The molecule has 0 aliphatic carbocycles. The quantitative estimate of drug-likeness (QED) is 0.473. The number of allylic oxidation sites excluding steroid dienone is 1. The van der Waals surface area contributed by atoms with E-state index in [1.807, 2.05) is 13.0 Å². The number of benzene rings is 2. The van der Waals surface area contributed by atoms with Crippen molar-refractivity contribution in [2.75, 3.05) is 5.32 Å². The van der Waals surface area contributed by atoms with Crippen LogP contribution in [0.4, 0.5) is 5.69 Å². The zero-order valence-electron chi connectivity index (χ0n) is 13.0. The van der Waals surface area contributed by atoms with Crippen molar-refractivity contribution in [3.8, 4) is 6.07 Å². The smallest absolute Gasteiger partial charge is 0.258 e. The molecule has 0 bridgehead atoms. The van der Waals surface area contributed by atoms with Gasteiger partial charge in [0.15, 0.2) is 0 Å². The number of nitrogens with one attached hydrogen (secondary N) is 2. The minimum atomic E-state index is -0.608. The lowest BCUT2D eigenvalue weighted by atomic mass is 10.0. The fourth-order valence-electron chi connectivity index (χ4n) is 2.46. The summed E-state index contributed by atoms with van der Waals surface area (Å²) in [6.45, 7) is 1.88. The van der Waals surface area contributed by atoms with Gasteiger partial charge in [0.1, 0.15) is 17.5 Å². The summed E-state index contributed by atoms with van der Waals surface area (Å²) < 4.78 is 0. The van der Waals surface area contributed by atoms with Gasteiger partial charge in [-0.15, -0.1) is 0 Å². The predicted octanol–water partition coefficient (Wildman–Crippen LogP) is 4.08. The lowest BCUT2D eigenvalue weighted by Gasteiger charge is -2.22. The Bertz CT molecular complexity index is 990. The number of nitrogens with zero attached hydrogens (tertiary/aromatic N) is 1. The van der Waals surface area contributed by atoms with Crippen LogP contribution in [0.1, 0.15) is 26.3 Å². The summed E-state index contributed by atoms with van der Waals surface area (Å²) in [6.07, 6.45) is 0. The number of nitriles is 1. The average Bonchev–Trinajstić information content (AvgIpc) is 2.55. The first kappa shape index (κ1) is 17.0. The van der Waals surface area contributed by atoms with Crippen LogP contribution in [0.5, 0.6) is 0 Å². The van der Waals surface area contributed by atoms with Gasteiger partial charge in [-0.2, -0.15) is 5.26 Å². The average molecular weight is 372 g/mol. The predicted molar refractivity (Wildman–Crippen MR) is 95.7 cm³/mol.